The lowest BCUT2D eigenvalue weighted by Gasteiger charge is -2.05. The lowest BCUT2D eigenvalue weighted by molar-refractivity contribution is 0.765. The van der Waals surface area contributed by atoms with Gasteiger partial charge in [0.15, 0.2) is 0 Å². The molecule has 0 saturated carbocycles. The number of nitrogens with two attached hydrogens (primary N) is 1. The van der Waals surface area contributed by atoms with Gasteiger partial charge in [-0.2, -0.15) is 11.8 Å². The Hall–Kier alpha value is -0.610. The second-order valence-electron chi connectivity index (χ2n) is 3.54. The molecule has 0 radical (unpaired) electrons. The minimum Gasteiger partial charge on any atom is -0.330 e. The monoisotopic (exact) mass is 209 g/mol. The Balaban J connectivity index is 2.23. The number of nitrogens with zero attached hydrogens (tertiary/aromatic N) is 2. The van der Waals surface area contributed by atoms with Crippen LogP contribution in [-0.4, -0.2) is 16.5 Å². The van der Waals surface area contributed by atoms with Crippen molar-refractivity contribution in [3.8, 4) is 0 Å². The van der Waals surface area contributed by atoms with E-state index in [4.69, 9.17) is 5.73 Å². The van der Waals surface area contributed by atoms with Crippen LogP contribution in [0.2, 0.25) is 0 Å². The molecular formula is C10H15N3S. The molecule has 0 bridgehead atoms. The molecule has 2 heterocycles. The highest BCUT2D eigenvalue weighted by molar-refractivity contribution is 7.98. The molecule has 1 aromatic rings. The van der Waals surface area contributed by atoms with Crippen molar-refractivity contribution in [2.24, 2.45) is 5.73 Å². The molecule has 0 saturated heterocycles. The summed E-state index contributed by atoms with van der Waals surface area (Å²) >= 11 is 1.92. The molecule has 1 aromatic heterocycles. The molecule has 0 aliphatic carbocycles. The maximum absolute atomic E-state index is 5.47. The molecular weight excluding hydrogens is 194 g/mol. The molecule has 0 spiro atoms. The average molecular weight is 209 g/mol. The van der Waals surface area contributed by atoms with E-state index in [0.717, 1.165) is 35.9 Å². The Labute approximate surface area is 88.5 Å². The number of aryl methyl sites for hydroxylation is 2. The summed E-state index contributed by atoms with van der Waals surface area (Å²) in [5.74, 6) is 3.10. The van der Waals surface area contributed by atoms with Gasteiger partial charge < -0.3 is 5.73 Å². The predicted octanol–water partition coefficient (Wildman–Crippen LogP) is 1.42. The normalized spacial score (nSPS) is 14.4. The van der Waals surface area contributed by atoms with E-state index >= 15 is 0 Å². The van der Waals surface area contributed by atoms with E-state index in [1.54, 1.807) is 0 Å². The summed E-state index contributed by atoms with van der Waals surface area (Å²) in [4.78, 5) is 9.07. The molecule has 2 N–H and O–H groups in total. The van der Waals surface area contributed by atoms with Gasteiger partial charge in [-0.15, -0.1) is 0 Å². The zero-order valence-electron chi connectivity index (χ0n) is 8.42. The number of thioether (sulfide) groups is 1. The van der Waals surface area contributed by atoms with Crippen molar-refractivity contribution >= 4 is 11.8 Å². The van der Waals surface area contributed by atoms with Gasteiger partial charge >= 0.3 is 0 Å². The maximum atomic E-state index is 5.47. The highest BCUT2D eigenvalue weighted by Crippen LogP contribution is 2.29. The second-order valence-corrected chi connectivity index (χ2v) is 4.52. The minimum atomic E-state index is 0.717. The van der Waals surface area contributed by atoms with E-state index < -0.39 is 0 Å². The van der Waals surface area contributed by atoms with Crippen molar-refractivity contribution in [3.63, 3.8) is 0 Å². The summed E-state index contributed by atoms with van der Waals surface area (Å²) in [6.07, 6.45) is 1.89. The third kappa shape index (κ3) is 1.91. The molecule has 0 unspecified atom stereocenters. The van der Waals surface area contributed by atoms with E-state index in [1.807, 2.05) is 11.8 Å². The van der Waals surface area contributed by atoms with E-state index in [9.17, 15) is 0 Å². The number of hydrogen-bond acceptors (Lipinski definition) is 4. The summed E-state index contributed by atoms with van der Waals surface area (Å²) in [7, 11) is 0. The third-order valence-corrected chi connectivity index (χ3v) is 3.41. The highest BCUT2D eigenvalue weighted by atomic mass is 32.2. The largest absolute Gasteiger partial charge is 0.330 e. The van der Waals surface area contributed by atoms with Crippen LogP contribution in [0.5, 0.6) is 0 Å². The summed E-state index contributed by atoms with van der Waals surface area (Å²) < 4.78 is 0. The van der Waals surface area contributed by atoms with E-state index in [-0.39, 0.29) is 0 Å². The van der Waals surface area contributed by atoms with Crippen LogP contribution in [0.25, 0.3) is 0 Å². The van der Waals surface area contributed by atoms with Gasteiger partial charge in [-0.25, -0.2) is 9.97 Å². The first-order valence-corrected chi connectivity index (χ1v) is 6.10. The van der Waals surface area contributed by atoms with E-state index in [1.165, 1.54) is 11.3 Å². The number of rotatable bonds is 3. The smallest absolute Gasteiger partial charge is 0.128 e. The molecule has 0 fully saturated rings. The molecule has 1 aliphatic rings. The Bertz CT molecular complexity index is 338. The Kier molecular flexibility index (Phi) is 3.03. The summed E-state index contributed by atoms with van der Waals surface area (Å²) in [6, 6.07) is 0. The zero-order chi connectivity index (χ0) is 9.97. The topological polar surface area (TPSA) is 51.8 Å². The van der Waals surface area contributed by atoms with Gasteiger partial charge in [0.05, 0.1) is 5.69 Å². The molecule has 0 amide bonds. The second kappa shape index (κ2) is 4.28. The summed E-state index contributed by atoms with van der Waals surface area (Å²) in [6.45, 7) is 2.80. The van der Waals surface area contributed by atoms with Crippen LogP contribution in [-0.2, 0) is 17.9 Å². The van der Waals surface area contributed by atoms with Crippen LogP contribution in [0.1, 0.15) is 29.2 Å². The summed E-state index contributed by atoms with van der Waals surface area (Å²) in [5.41, 5.74) is 9.22. The van der Waals surface area contributed by atoms with Crippen molar-refractivity contribution < 1.29 is 0 Å². The molecule has 3 nitrogen and oxygen atoms in total. The van der Waals surface area contributed by atoms with Crippen LogP contribution in [0.4, 0.5) is 0 Å². The Morgan fingerprint density at radius 2 is 2.21 bits per heavy atom. The van der Waals surface area contributed by atoms with E-state index in [0.29, 0.717) is 6.54 Å². The molecule has 2 rings (SSSR count). The van der Waals surface area contributed by atoms with Gasteiger partial charge in [0.25, 0.3) is 0 Å². The van der Waals surface area contributed by atoms with Crippen molar-refractivity contribution in [2.45, 2.75) is 31.3 Å². The van der Waals surface area contributed by atoms with Crippen molar-refractivity contribution in [1.29, 1.82) is 0 Å². The van der Waals surface area contributed by atoms with Gasteiger partial charge in [-0.1, -0.05) is 0 Å². The van der Waals surface area contributed by atoms with Crippen molar-refractivity contribution in [1.82, 2.24) is 9.97 Å². The molecule has 0 aromatic carbocycles. The lowest BCUT2D eigenvalue weighted by Crippen LogP contribution is -2.06. The fourth-order valence-electron chi connectivity index (χ4n) is 1.65. The predicted molar refractivity (Wildman–Crippen MR) is 59.1 cm³/mol. The van der Waals surface area contributed by atoms with Gasteiger partial charge in [-0.05, 0) is 19.9 Å². The van der Waals surface area contributed by atoms with Gasteiger partial charge in [0.1, 0.15) is 5.82 Å². The van der Waals surface area contributed by atoms with Crippen molar-refractivity contribution in [2.75, 3.05) is 6.54 Å². The zero-order valence-corrected chi connectivity index (χ0v) is 9.23. The quantitative estimate of drug-likeness (QED) is 0.818. The maximum Gasteiger partial charge on any atom is 0.128 e. The van der Waals surface area contributed by atoms with E-state index in [2.05, 4.69) is 16.9 Å². The van der Waals surface area contributed by atoms with Gasteiger partial charge in [-0.3, -0.25) is 0 Å². The van der Waals surface area contributed by atoms with Crippen LogP contribution in [0.15, 0.2) is 0 Å². The fraction of sp³-hybridized carbons (Fsp3) is 0.600. The fourth-order valence-corrected chi connectivity index (χ4v) is 2.76. The Morgan fingerprint density at radius 1 is 1.36 bits per heavy atom. The third-order valence-electron chi connectivity index (χ3n) is 2.44. The van der Waals surface area contributed by atoms with Crippen LogP contribution in [0.3, 0.4) is 0 Å². The first-order valence-electron chi connectivity index (χ1n) is 4.94. The van der Waals surface area contributed by atoms with Gasteiger partial charge in [0, 0.05) is 29.2 Å². The standard InChI is InChI=1S/C10H15N3S/c1-7-8-5-14-6-9(8)13-10(12-7)3-2-4-11/h2-6,11H2,1H3. The molecule has 1 aliphatic heterocycles. The first kappa shape index (κ1) is 9.93. The van der Waals surface area contributed by atoms with Crippen LogP contribution < -0.4 is 5.73 Å². The number of aromatic nitrogens is 2. The lowest BCUT2D eigenvalue weighted by atomic mass is 10.2. The molecule has 0 atom stereocenters. The Morgan fingerprint density at radius 3 is 3.00 bits per heavy atom. The number of fused-ring (bicyclic) bond motifs is 1. The first-order chi connectivity index (χ1) is 6.81. The molecule has 4 heteroatoms. The van der Waals surface area contributed by atoms with Crippen molar-refractivity contribution in [3.05, 3.63) is 22.8 Å². The molecule has 14 heavy (non-hydrogen) atoms. The van der Waals surface area contributed by atoms with Crippen LogP contribution in [0, 0.1) is 6.92 Å². The minimum absolute atomic E-state index is 0.717. The van der Waals surface area contributed by atoms with Gasteiger partial charge in [0.2, 0.25) is 0 Å². The number of hydrogen-bond donors (Lipinski definition) is 1. The average Bonchev–Trinajstić information content (AvgIpc) is 2.63. The SMILES string of the molecule is Cc1nc(CCCN)nc2c1CSC2. The van der Waals surface area contributed by atoms with Crippen LogP contribution >= 0.6 is 11.8 Å². The summed E-state index contributed by atoms with van der Waals surface area (Å²) in [5, 5.41) is 0. The highest BCUT2D eigenvalue weighted by Gasteiger charge is 2.16. The molecule has 76 valence electrons.